The van der Waals surface area contributed by atoms with E-state index in [2.05, 4.69) is 10.0 Å². The molecule has 0 heterocycles. The molecule has 0 unspecified atom stereocenters. The highest BCUT2D eigenvalue weighted by atomic mass is 35.5. The largest absolute Gasteiger partial charge is 0.480 e. The topological polar surface area (TPSA) is 113 Å². The Hall–Kier alpha value is -1.35. The first-order valence-electron chi connectivity index (χ1n) is 7.02. The number of carboxylic acid groups (broad SMARTS) is 1. The molecule has 0 aromatic heterocycles. The van der Waals surface area contributed by atoms with Crippen LogP contribution in [0, 0.1) is 5.92 Å². The minimum atomic E-state index is -3.99. The van der Waals surface area contributed by atoms with E-state index < -0.39 is 27.9 Å². The van der Waals surface area contributed by atoms with E-state index in [0.717, 1.165) is 0 Å². The minimum Gasteiger partial charge on any atom is -0.480 e. The Morgan fingerprint density at radius 3 is 2.21 bits per heavy atom. The fourth-order valence-electron chi connectivity index (χ4n) is 1.87. The van der Waals surface area contributed by atoms with Crippen LogP contribution in [0.5, 0.6) is 0 Å². The van der Waals surface area contributed by atoms with Crippen molar-refractivity contribution in [1.82, 2.24) is 10.0 Å². The van der Waals surface area contributed by atoms with Crippen LogP contribution in [-0.4, -0.2) is 38.0 Å². The van der Waals surface area contributed by atoms with E-state index in [1.54, 1.807) is 13.8 Å². The molecule has 0 fully saturated rings. The van der Waals surface area contributed by atoms with Gasteiger partial charge in [0.1, 0.15) is 10.9 Å². The van der Waals surface area contributed by atoms with Crippen molar-refractivity contribution in [2.75, 3.05) is 6.54 Å². The maximum absolute atomic E-state index is 12.2. The second-order valence-corrected chi connectivity index (χ2v) is 7.84. The van der Waals surface area contributed by atoms with Gasteiger partial charge in [-0.3, -0.25) is 4.79 Å². The smallest absolute Gasteiger partial charge is 0.326 e. The lowest BCUT2D eigenvalue weighted by Crippen LogP contribution is -2.45. The van der Waals surface area contributed by atoms with Crippen LogP contribution in [0.3, 0.4) is 0 Å². The third-order valence-corrected chi connectivity index (χ3v) is 5.50. The molecule has 0 aliphatic heterocycles. The lowest BCUT2D eigenvalue weighted by atomic mass is 10.0. The first kappa shape index (κ1) is 20.7. The van der Waals surface area contributed by atoms with E-state index in [-0.39, 0.29) is 33.8 Å². The Kier molecular flexibility index (Phi) is 7.47. The molecule has 134 valence electrons. The Balaban J connectivity index is 2.67. The Labute approximate surface area is 150 Å². The summed E-state index contributed by atoms with van der Waals surface area (Å²) in [6, 6.07) is 3.24. The molecule has 7 nitrogen and oxygen atoms in total. The average molecular weight is 397 g/mol. The quantitative estimate of drug-likeness (QED) is 0.620. The molecular weight excluding hydrogens is 379 g/mol. The van der Waals surface area contributed by atoms with Crippen molar-refractivity contribution in [3.05, 3.63) is 28.2 Å². The maximum Gasteiger partial charge on any atom is 0.326 e. The van der Waals surface area contributed by atoms with Crippen molar-refractivity contribution in [2.24, 2.45) is 5.92 Å². The van der Waals surface area contributed by atoms with Crippen LogP contribution in [0.2, 0.25) is 10.0 Å². The summed E-state index contributed by atoms with van der Waals surface area (Å²) in [5.41, 5.74) is 0. The first-order valence-corrected chi connectivity index (χ1v) is 9.26. The highest BCUT2D eigenvalue weighted by Gasteiger charge is 2.24. The molecule has 1 amide bonds. The molecule has 1 aromatic rings. The second-order valence-electron chi connectivity index (χ2n) is 5.33. The van der Waals surface area contributed by atoms with Gasteiger partial charge in [-0.25, -0.2) is 17.9 Å². The van der Waals surface area contributed by atoms with Crippen molar-refractivity contribution in [3.8, 4) is 0 Å². The van der Waals surface area contributed by atoms with E-state index in [0.29, 0.717) is 0 Å². The van der Waals surface area contributed by atoms with Crippen LogP contribution in [-0.2, 0) is 19.6 Å². The van der Waals surface area contributed by atoms with Gasteiger partial charge in [0.2, 0.25) is 15.9 Å². The van der Waals surface area contributed by atoms with Gasteiger partial charge < -0.3 is 10.4 Å². The number of carbonyl (C=O) groups excluding carboxylic acids is 1. The number of benzene rings is 1. The van der Waals surface area contributed by atoms with Gasteiger partial charge in [0.15, 0.2) is 0 Å². The molecule has 1 rings (SSSR count). The Morgan fingerprint density at radius 1 is 1.21 bits per heavy atom. The molecule has 0 radical (unpaired) electrons. The predicted molar refractivity (Wildman–Crippen MR) is 90.7 cm³/mol. The molecule has 0 aliphatic carbocycles. The molecular formula is C14H18Cl2N2O5S. The summed E-state index contributed by atoms with van der Waals surface area (Å²) in [4.78, 5) is 22.5. The van der Waals surface area contributed by atoms with Gasteiger partial charge in [-0.05, 0) is 18.1 Å². The number of nitrogens with one attached hydrogen (secondary N) is 2. The average Bonchev–Trinajstić information content (AvgIpc) is 2.43. The summed E-state index contributed by atoms with van der Waals surface area (Å²) >= 11 is 11.7. The molecule has 0 saturated carbocycles. The van der Waals surface area contributed by atoms with E-state index >= 15 is 0 Å². The molecule has 1 atom stereocenters. The summed E-state index contributed by atoms with van der Waals surface area (Å²) in [6.45, 7) is 3.09. The van der Waals surface area contributed by atoms with Gasteiger partial charge in [0, 0.05) is 13.0 Å². The molecule has 10 heteroatoms. The molecule has 24 heavy (non-hydrogen) atoms. The lowest BCUT2D eigenvalue weighted by molar-refractivity contribution is -0.143. The molecule has 0 aliphatic rings. The third-order valence-electron chi connectivity index (χ3n) is 3.08. The van der Waals surface area contributed by atoms with Crippen LogP contribution in [0.15, 0.2) is 23.1 Å². The van der Waals surface area contributed by atoms with Gasteiger partial charge in [-0.15, -0.1) is 0 Å². The zero-order chi connectivity index (χ0) is 18.5. The zero-order valence-electron chi connectivity index (χ0n) is 13.0. The van der Waals surface area contributed by atoms with Gasteiger partial charge in [0.25, 0.3) is 0 Å². The molecule has 3 N–H and O–H groups in total. The Morgan fingerprint density at radius 2 is 1.75 bits per heavy atom. The number of hydrogen-bond donors (Lipinski definition) is 3. The summed E-state index contributed by atoms with van der Waals surface area (Å²) < 4.78 is 26.6. The SMILES string of the molecule is CC(C)[C@H](NC(=O)CCNS(=O)(=O)c1c(Cl)cccc1Cl)C(=O)O. The van der Waals surface area contributed by atoms with Gasteiger partial charge in [-0.1, -0.05) is 43.1 Å². The fourth-order valence-corrected chi connectivity index (χ4v) is 4.04. The molecule has 1 aromatic carbocycles. The van der Waals surface area contributed by atoms with E-state index in [1.165, 1.54) is 18.2 Å². The maximum atomic E-state index is 12.2. The van der Waals surface area contributed by atoms with Crippen molar-refractivity contribution >= 4 is 45.1 Å². The van der Waals surface area contributed by atoms with Gasteiger partial charge in [-0.2, -0.15) is 0 Å². The number of hydrogen-bond acceptors (Lipinski definition) is 4. The summed E-state index contributed by atoms with van der Waals surface area (Å²) in [5.74, 6) is -2.03. The number of rotatable bonds is 8. The number of halogens is 2. The highest BCUT2D eigenvalue weighted by Crippen LogP contribution is 2.28. The molecule has 0 spiro atoms. The summed E-state index contributed by atoms with van der Waals surface area (Å²) in [5, 5.41) is 11.3. The Bertz CT molecular complexity index is 702. The predicted octanol–water partition coefficient (Wildman–Crippen LogP) is 1.89. The molecule has 0 bridgehead atoms. The van der Waals surface area contributed by atoms with Crippen LogP contribution in [0.1, 0.15) is 20.3 Å². The van der Waals surface area contributed by atoms with Crippen LogP contribution in [0.25, 0.3) is 0 Å². The number of aliphatic carboxylic acids is 1. The van der Waals surface area contributed by atoms with Gasteiger partial charge >= 0.3 is 5.97 Å². The zero-order valence-corrected chi connectivity index (χ0v) is 15.4. The number of carbonyl (C=O) groups is 2. The number of sulfonamides is 1. The summed E-state index contributed by atoms with van der Waals surface area (Å²) in [6.07, 6.45) is -0.224. The van der Waals surface area contributed by atoms with Crippen molar-refractivity contribution in [3.63, 3.8) is 0 Å². The van der Waals surface area contributed by atoms with Crippen molar-refractivity contribution < 1.29 is 23.1 Å². The van der Waals surface area contributed by atoms with Crippen molar-refractivity contribution in [1.29, 1.82) is 0 Å². The highest BCUT2D eigenvalue weighted by molar-refractivity contribution is 7.89. The first-order chi connectivity index (χ1) is 11.1. The van der Waals surface area contributed by atoms with E-state index in [1.807, 2.05) is 0 Å². The monoisotopic (exact) mass is 396 g/mol. The summed E-state index contributed by atoms with van der Waals surface area (Å²) in [7, 11) is -3.99. The number of carboxylic acids is 1. The van der Waals surface area contributed by atoms with E-state index in [9.17, 15) is 18.0 Å². The lowest BCUT2D eigenvalue weighted by Gasteiger charge is -2.18. The van der Waals surface area contributed by atoms with E-state index in [4.69, 9.17) is 28.3 Å². The fraction of sp³-hybridized carbons (Fsp3) is 0.429. The van der Waals surface area contributed by atoms with Gasteiger partial charge in [0.05, 0.1) is 10.0 Å². The molecule has 0 saturated heterocycles. The van der Waals surface area contributed by atoms with Crippen LogP contribution in [0.4, 0.5) is 0 Å². The van der Waals surface area contributed by atoms with Crippen LogP contribution < -0.4 is 10.0 Å². The second kappa shape index (κ2) is 8.66. The van der Waals surface area contributed by atoms with Crippen LogP contribution >= 0.6 is 23.2 Å². The third kappa shape index (κ3) is 5.62. The van der Waals surface area contributed by atoms with Crippen molar-refractivity contribution in [2.45, 2.75) is 31.2 Å². The normalized spacial score (nSPS) is 12.9. The standard InChI is InChI=1S/C14H18Cl2N2O5S/c1-8(2)12(14(20)21)18-11(19)6-7-17-24(22,23)13-9(15)4-3-5-10(13)16/h3-5,8,12,17H,6-7H2,1-2H3,(H,18,19)(H,20,21)/t12-/m0/s1. The minimum absolute atomic E-state index is 0.0369. The number of amides is 1.